The number of amides is 1. The van der Waals surface area contributed by atoms with Gasteiger partial charge in [0.05, 0.1) is 12.0 Å². The van der Waals surface area contributed by atoms with Gasteiger partial charge < -0.3 is 9.64 Å². The Kier molecular flexibility index (Phi) is 5.12. The van der Waals surface area contributed by atoms with E-state index in [0.717, 1.165) is 36.9 Å². The van der Waals surface area contributed by atoms with Crippen molar-refractivity contribution < 1.29 is 17.9 Å². The molecule has 0 spiro atoms. The van der Waals surface area contributed by atoms with Crippen LogP contribution in [0.4, 0.5) is 5.69 Å². The molecule has 0 saturated heterocycles. The fourth-order valence-corrected chi connectivity index (χ4v) is 5.33. The zero-order valence-electron chi connectivity index (χ0n) is 15.8. The molecule has 6 nitrogen and oxygen atoms in total. The smallest absolute Gasteiger partial charge is 0.258 e. The lowest BCUT2D eigenvalue weighted by Crippen LogP contribution is -2.32. The highest BCUT2D eigenvalue weighted by Crippen LogP contribution is 2.32. The molecule has 0 atom stereocenters. The van der Waals surface area contributed by atoms with E-state index in [1.165, 1.54) is 0 Å². The fraction of sp³-hybridized carbons (Fsp3) is 0.381. The lowest BCUT2D eigenvalue weighted by atomic mass is 10.1. The number of fused-ring (bicyclic) bond motifs is 1. The number of ether oxygens (including phenoxy) is 1. The minimum absolute atomic E-state index is 0.0337. The Bertz CT molecular complexity index is 980. The Morgan fingerprint density at radius 3 is 2.50 bits per heavy atom. The van der Waals surface area contributed by atoms with Crippen LogP contribution < -0.4 is 14.4 Å². The van der Waals surface area contributed by atoms with E-state index >= 15 is 0 Å². The van der Waals surface area contributed by atoms with Gasteiger partial charge in [0.15, 0.2) is 0 Å². The first-order valence-corrected chi connectivity index (χ1v) is 11.1. The fourth-order valence-electron chi connectivity index (χ4n) is 3.98. The average Bonchev–Trinajstić information content (AvgIpc) is 3.36. The third-order valence-corrected chi connectivity index (χ3v) is 7.03. The number of rotatable bonds is 5. The highest BCUT2D eigenvalue weighted by Gasteiger charge is 2.28. The van der Waals surface area contributed by atoms with Crippen molar-refractivity contribution in [1.29, 1.82) is 0 Å². The molecule has 7 heteroatoms. The number of sulfonamides is 1. The first-order valence-electron chi connectivity index (χ1n) is 9.59. The number of hydrogen-bond acceptors (Lipinski definition) is 4. The summed E-state index contributed by atoms with van der Waals surface area (Å²) in [4.78, 5) is 14.9. The van der Waals surface area contributed by atoms with Crippen LogP contribution in [-0.4, -0.2) is 34.0 Å². The molecular weight excluding hydrogens is 376 g/mol. The monoisotopic (exact) mass is 400 g/mol. The predicted molar refractivity (Wildman–Crippen MR) is 107 cm³/mol. The second kappa shape index (κ2) is 7.56. The summed E-state index contributed by atoms with van der Waals surface area (Å²) in [6.45, 7) is 0.541. The van der Waals surface area contributed by atoms with Gasteiger partial charge in [0.2, 0.25) is 10.0 Å². The molecular formula is C21H24N2O4S. The van der Waals surface area contributed by atoms with Crippen LogP contribution in [0.3, 0.4) is 0 Å². The molecule has 1 aliphatic carbocycles. The molecule has 1 fully saturated rings. The highest BCUT2D eigenvalue weighted by molar-refractivity contribution is 7.89. The van der Waals surface area contributed by atoms with Crippen molar-refractivity contribution in [2.45, 2.75) is 43.0 Å². The number of methoxy groups -OCH3 is 1. The van der Waals surface area contributed by atoms with Crippen LogP contribution in [0.2, 0.25) is 0 Å². The third kappa shape index (κ3) is 3.64. The maximum absolute atomic E-state index is 12.9. The first kappa shape index (κ1) is 19.0. The SMILES string of the molecule is COc1ccc(C(=O)N2CCc3cc(S(=O)(=O)NC4CCCC4)ccc32)cc1. The van der Waals surface area contributed by atoms with Crippen LogP contribution in [0, 0.1) is 0 Å². The molecule has 0 unspecified atom stereocenters. The van der Waals surface area contributed by atoms with E-state index in [-0.39, 0.29) is 16.8 Å². The van der Waals surface area contributed by atoms with Crippen molar-refractivity contribution in [2.75, 3.05) is 18.6 Å². The van der Waals surface area contributed by atoms with E-state index in [1.54, 1.807) is 54.5 Å². The largest absolute Gasteiger partial charge is 0.497 e. The van der Waals surface area contributed by atoms with Gasteiger partial charge in [-0.05, 0) is 67.3 Å². The number of benzene rings is 2. The van der Waals surface area contributed by atoms with E-state index in [4.69, 9.17) is 4.74 Å². The highest BCUT2D eigenvalue weighted by atomic mass is 32.2. The van der Waals surface area contributed by atoms with Crippen molar-refractivity contribution in [3.05, 3.63) is 53.6 Å². The molecule has 148 valence electrons. The molecule has 1 amide bonds. The number of hydrogen-bond donors (Lipinski definition) is 1. The van der Waals surface area contributed by atoms with Crippen molar-refractivity contribution in [2.24, 2.45) is 0 Å². The van der Waals surface area contributed by atoms with E-state index in [2.05, 4.69) is 4.72 Å². The van der Waals surface area contributed by atoms with Gasteiger partial charge in [-0.15, -0.1) is 0 Å². The van der Waals surface area contributed by atoms with Crippen LogP contribution in [0.5, 0.6) is 5.75 Å². The summed E-state index contributed by atoms with van der Waals surface area (Å²) in [5.74, 6) is 0.601. The first-order chi connectivity index (χ1) is 13.5. The lowest BCUT2D eigenvalue weighted by molar-refractivity contribution is 0.0989. The summed E-state index contributed by atoms with van der Waals surface area (Å²) >= 11 is 0. The number of carbonyl (C=O) groups excluding carboxylic acids is 1. The molecule has 1 aliphatic heterocycles. The van der Waals surface area contributed by atoms with Crippen molar-refractivity contribution >= 4 is 21.6 Å². The summed E-state index contributed by atoms with van der Waals surface area (Å²) in [7, 11) is -1.95. The lowest BCUT2D eigenvalue weighted by Gasteiger charge is -2.18. The molecule has 4 rings (SSSR count). The number of nitrogens with one attached hydrogen (secondary N) is 1. The standard InChI is InChI=1S/C21H24N2O4S/c1-27-18-8-6-15(7-9-18)21(24)23-13-12-16-14-19(10-11-20(16)23)28(25,26)22-17-4-2-3-5-17/h6-11,14,17,22H,2-5,12-13H2,1H3. The summed E-state index contributed by atoms with van der Waals surface area (Å²) in [5, 5.41) is 0. The predicted octanol–water partition coefficient (Wildman–Crippen LogP) is 3.12. The minimum atomic E-state index is -3.53. The third-order valence-electron chi connectivity index (χ3n) is 5.52. The Labute approximate surface area is 165 Å². The van der Waals surface area contributed by atoms with E-state index in [9.17, 15) is 13.2 Å². The Morgan fingerprint density at radius 2 is 1.82 bits per heavy atom. The number of nitrogens with zero attached hydrogens (tertiary/aromatic N) is 1. The normalized spacial score (nSPS) is 17.0. The summed E-state index contributed by atoms with van der Waals surface area (Å²) < 4.78 is 33.3. The van der Waals surface area contributed by atoms with Crippen molar-refractivity contribution in [1.82, 2.24) is 4.72 Å². The molecule has 2 aromatic carbocycles. The zero-order chi connectivity index (χ0) is 19.7. The Hall–Kier alpha value is -2.38. The van der Waals surface area contributed by atoms with Crippen LogP contribution in [0.25, 0.3) is 0 Å². The van der Waals surface area contributed by atoms with Gasteiger partial charge in [0.1, 0.15) is 5.75 Å². The van der Waals surface area contributed by atoms with Crippen molar-refractivity contribution in [3.63, 3.8) is 0 Å². The molecule has 0 aromatic heterocycles. The minimum Gasteiger partial charge on any atom is -0.497 e. The van der Waals surface area contributed by atoms with E-state index < -0.39 is 10.0 Å². The van der Waals surface area contributed by atoms with E-state index in [0.29, 0.717) is 24.3 Å². The quantitative estimate of drug-likeness (QED) is 0.837. The van der Waals surface area contributed by atoms with Gasteiger partial charge >= 0.3 is 0 Å². The van der Waals surface area contributed by atoms with Gasteiger partial charge in [-0.25, -0.2) is 13.1 Å². The number of carbonyl (C=O) groups is 1. The van der Waals surface area contributed by atoms with Crippen LogP contribution in [0.1, 0.15) is 41.6 Å². The zero-order valence-corrected chi connectivity index (χ0v) is 16.7. The summed E-state index contributed by atoms with van der Waals surface area (Å²) in [5.41, 5.74) is 2.24. The molecule has 2 aliphatic rings. The van der Waals surface area contributed by atoms with Crippen LogP contribution >= 0.6 is 0 Å². The summed E-state index contributed by atoms with van der Waals surface area (Å²) in [6, 6.07) is 12.1. The second-order valence-corrected chi connectivity index (χ2v) is 9.04. The van der Waals surface area contributed by atoms with Gasteiger partial charge in [-0.2, -0.15) is 0 Å². The molecule has 0 bridgehead atoms. The van der Waals surface area contributed by atoms with Crippen LogP contribution in [0.15, 0.2) is 47.4 Å². The maximum Gasteiger partial charge on any atom is 0.258 e. The molecule has 2 aromatic rings. The molecule has 28 heavy (non-hydrogen) atoms. The topological polar surface area (TPSA) is 75.7 Å². The Balaban J connectivity index is 1.55. The van der Waals surface area contributed by atoms with E-state index in [1.807, 2.05) is 0 Å². The van der Waals surface area contributed by atoms with Gasteiger partial charge in [-0.3, -0.25) is 4.79 Å². The molecule has 1 saturated carbocycles. The molecule has 1 N–H and O–H groups in total. The maximum atomic E-state index is 12.9. The van der Waals surface area contributed by atoms with Gasteiger partial charge in [0, 0.05) is 23.8 Å². The Morgan fingerprint density at radius 1 is 1.11 bits per heavy atom. The van der Waals surface area contributed by atoms with Gasteiger partial charge in [-0.1, -0.05) is 12.8 Å². The number of anilines is 1. The van der Waals surface area contributed by atoms with Gasteiger partial charge in [0.25, 0.3) is 5.91 Å². The molecule has 0 radical (unpaired) electrons. The summed E-state index contributed by atoms with van der Waals surface area (Å²) in [6.07, 6.45) is 4.58. The molecule has 1 heterocycles. The van der Waals surface area contributed by atoms with Crippen molar-refractivity contribution in [3.8, 4) is 5.75 Å². The van der Waals surface area contributed by atoms with Crippen LogP contribution in [-0.2, 0) is 16.4 Å². The average molecular weight is 401 g/mol. The second-order valence-electron chi connectivity index (χ2n) is 7.33.